The Kier molecular flexibility index (Phi) is 5.30. The molecule has 0 fully saturated rings. The van der Waals surface area contributed by atoms with Crippen LogP contribution in [0.4, 0.5) is 0 Å². The highest BCUT2D eigenvalue weighted by molar-refractivity contribution is 14.1. The molecule has 6 heteroatoms. The van der Waals surface area contributed by atoms with Crippen molar-refractivity contribution in [2.24, 2.45) is 0 Å². The predicted molar refractivity (Wildman–Crippen MR) is 139 cm³/mol. The normalized spacial score (nSPS) is 11.6. The Labute approximate surface area is 198 Å². The van der Waals surface area contributed by atoms with Crippen LogP contribution in [0.1, 0.15) is 17.0 Å². The van der Waals surface area contributed by atoms with Crippen LogP contribution in [0.5, 0.6) is 5.75 Å². The van der Waals surface area contributed by atoms with Gasteiger partial charge in [-0.05, 0) is 95.8 Å². The molecule has 0 spiro atoms. The summed E-state index contributed by atoms with van der Waals surface area (Å²) in [5, 5.41) is 1.65. The lowest BCUT2D eigenvalue weighted by atomic mass is 10.1. The number of ether oxygens (including phenoxy) is 1. The van der Waals surface area contributed by atoms with Crippen molar-refractivity contribution in [1.82, 2.24) is 14.5 Å². The Morgan fingerprint density at radius 1 is 1.03 bits per heavy atom. The average Bonchev–Trinajstić information content (AvgIpc) is 3.20. The van der Waals surface area contributed by atoms with Crippen LogP contribution in [-0.4, -0.2) is 21.6 Å². The molecule has 32 heavy (non-hydrogen) atoms. The van der Waals surface area contributed by atoms with Crippen LogP contribution in [-0.2, 0) is 0 Å². The second-order valence-corrected chi connectivity index (χ2v) is 8.85. The first-order valence-corrected chi connectivity index (χ1v) is 11.2. The van der Waals surface area contributed by atoms with Crippen molar-refractivity contribution in [3.8, 4) is 11.4 Å². The Hall–Kier alpha value is -3.39. The van der Waals surface area contributed by atoms with Crippen LogP contribution in [0.25, 0.3) is 39.6 Å². The van der Waals surface area contributed by atoms with Gasteiger partial charge in [0.2, 0.25) is 0 Å². The molecule has 2 aromatic heterocycles. The first-order valence-electron chi connectivity index (χ1n) is 10.2. The molecule has 0 aliphatic rings. The number of hydrogen-bond acceptors (Lipinski definition) is 3. The second-order valence-electron chi connectivity index (χ2n) is 7.60. The molecule has 0 aliphatic heterocycles. The van der Waals surface area contributed by atoms with Gasteiger partial charge in [-0.2, -0.15) is 0 Å². The summed E-state index contributed by atoms with van der Waals surface area (Å²) in [6.45, 7) is 2.01. The quantitative estimate of drug-likeness (QED) is 0.290. The molecule has 0 atom stereocenters. The maximum absolute atomic E-state index is 13.5. The van der Waals surface area contributed by atoms with E-state index >= 15 is 0 Å². The maximum atomic E-state index is 13.5. The van der Waals surface area contributed by atoms with Crippen molar-refractivity contribution in [2.45, 2.75) is 6.92 Å². The Bertz CT molecular complexity index is 1560. The zero-order valence-corrected chi connectivity index (χ0v) is 19.8. The summed E-state index contributed by atoms with van der Waals surface area (Å²) in [5.74, 6) is 1.37. The SMILES string of the molecule is COc1ccc2[nH]cc(C=Cc3nc4ccc(I)cc4c(=O)n3-c3cccc(C)c3)c2c1. The molecule has 2 heterocycles. The Balaban J connectivity index is 1.72. The summed E-state index contributed by atoms with van der Waals surface area (Å²) >= 11 is 2.22. The van der Waals surface area contributed by atoms with Gasteiger partial charge in [0.1, 0.15) is 11.6 Å². The lowest BCUT2D eigenvalue weighted by Gasteiger charge is -2.12. The first-order chi connectivity index (χ1) is 15.5. The fourth-order valence-corrected chi connectivity index (χ4v) is 4.35. The molecule has 3 aromatic carbocycles. The van der Waals surface area contributed by atoms with Crippen LogP contribution >= 0.6 is 22.6 Å². The highest BCUT2D eigenvalue weighted by atomic mass is 127. The monoisotopic (exact) mass is 533 g/mol. The van der Waals surface area contributed by atoms with Gasteiger partial charge < -0.3 is 9.72 Å². The summed E-state index contributed by atoms with van der Waals surface area (Å²) in [5.41, 5.74) is 4.48. The van der Waals surface area contributed by atoms with E-state index in [1.807, 2.05) is 85.9 Å². The minimum Gasteiger partial charge on any atom is -0.497 e. The van der Waals surface area contributed by atoms with Crippen LogP contribution < -0.4 is 10.3 Å². The molecular weight excluding hydrogens is 513 g/mol. The summed E-state index contributed by atoms with van der Waals surface area (Å²) in [6, 6.07) is 19.6. The van der Waals surface area contributed by atoms with Crippen molar-refractivity contribution in [2.75, 3.05) is 7.11 Å². The number of benzene rings is 3. The third-order valence-electron chi connectivity index (χ3n) is 5.45. The van der Waals surface area contributed by atoms with Gasteiger partial charge in [-0.3, -0.25) is 9.36 Å². The minimum absolute atomic E-state index is 0.0839. The fraction of sp³-hybridized carbons (Fsp3) is 0.0769. The number of fused-ring (bicyclic) bond motifs is 2. The second kappa shape index (κ2) is 8.27. The topological polar surface area (TPSA) is 59.9 Å². The van der Waals surface area contributed by atoms with Gasteiger partial charge in [0, 0.05) is 26.2 Å². The van der Waals surface area contributed by atoms with E-state index in [-0.39, 0.29) is 5.56 Å². The van der Waals surface area contributed by atoms with E-state index in [2.05, 4.69) is 27.6 Å². The molecule has 0 aliphatic carbocycles. The number of H-pyrrole nitrogens is 1. The number of aromatic nitrogens is 3. The molecule has 158 valence electrons. The van der Waals surface area contributed by atoms with Crippen molar-refractivity contribution in [3.63, 3.8) is 0 Å². The van der Waals surface area contributed by atoms with E-state index in [0.717, 1.165) is 37.0 Å². The number of aryl methyl sites for hydroxylation is 1. The molecule has 0 saturated carbocycles. The number of halogens is 1. The van der Waals surface area contributed by atoms with Gasteiger partial charge in [0.25, 0.3) is 5.56 Å². The average molecular weight is 533 g/mol. The van der Waals surface area contributed by atoms with Crippen molar-refractivity contribution in [1.29, 1.82) is 0 Å². The van der Waals surface area contributed by atoms with Crippen molar-refractivity contribution < 1.29 is 4.74 Å². The summed E-state index contributed by atoms with van der Waals surface area (Å²) in [6.07, 6.45) is 5.81. The van der Waals surface area contributed by atoms with E-state index < -0.39 is 0 Å². The van der Waals surface area contributed by atoms with E-state index in [9.17, 15) is 4.79 Å². The summed E-state index contributed by atoms with van der Waals surface area (Å²) in [7, 11) is 1.66. The molecule has 5 aromatic rings. The van der Waals surface area contributed by atoms with Crippen LogP contribution in [0.15, 0.2) is 71.7 Å². The van der Waals surface area contributed by atoms with Crippen LogP contribution in [0.3, 0.4) is 0 Å². The zero-order chi connectivity index (χ0) is 22.2. The van der Waals surface area contributed by atoms with Crippen LogP contribution in [0, 0.1) is 10.5 Å². The lowest BCUT2D eigenvalue weighted by Crippen LogP contribution is -2.22. The standard InChI is InChI=1S/C26H20IN3O2/c1-16-4-3-5-19(12-16)30-25(29-24-9-7-18(27)13-22(24)26(30)31)11-6-17-15-28-23-10-8-20(32-2)14-21(17)23/h3-15,28H,1-2H3. The largest absolute Gasteiger partial charge is 0.497 e. The third-order valence-corrected chi connectivity index (χ3v) is 6.12. The molecule has 5 nitrogen and oxygen atoms in total. The molecule has 0 radical (unpaired) electrons. The molecule has 0 unspecified atom stereocenters. The smallest absolute Gasteiger partial charge is 0.266 e. The zero-order valence-electron chi connectivity index (χ0n) is 17.6. The molecular formula is C26H20IN3O2. The van der Waals surface area contributed by atoms with Gasteiger partial charge in [0.05, 0.1) is 23.7 Å². The first kappa shape index (κ1) is 20.5. The number of hydrogen-bond donors (Lipinski definition) is 1. The van der Waals surface area contributed by atoms with Gasteiger partial charge in [-0.1, -0.05) is 12.1 Å². The Morgan fingerprint density at radius 2 is 1.91 bits per heavy atom. The van der Waals surface area contributed by atoms with Gasteiger partial charge >= 0.3 is 0 Å². The molecule has 0 amide bonds. The minimum atomic E-state index is -0.0839. The predicted octanol–water partition coefficient (Wildman–Crippen LogP) is 5.96. The maximum Gasteiger partial charge on any atom is 0.266 e. The number of nitrogens with one attached hydrogen (secondary N) is 1. The fourth-order valence-electron chi connectivity index (χ4n) is 3.85. The third kappa shape index (κ3) is 3.71. The molecule has 5 rings (SSSR count). The number of nitrogens with zero attached hydrogens (tertiary/aromatic N) is 2. The molecule has 0 saturated heterocycles. The molecule has 1 N–H and O–H groups in total. The summed E-state index contributed by atoms with van der Waals surface area (Å²) in [4.78, 5) is 21.6. The highest BCUT2D eigenvalue weighted by Gasteiger charge is 2.12. The summed E-state index contributed by atoms with van der Waals surface area (Å²) < 4.78 is 8.05. The van der Waals surface area contributed by atoms with Crippen molar-refractivity contribution >= 4 is 56.5 Å². The molecule has 0 bridgehead atoms. The van der Waals surface area contributed by atoms with E-state index in [0.29, 0.717) is 16.7 Å². The highest BCUT2D eigenvalue weighted by Crippen LogP contribution is 2.25. The van der Waals surface area contributed by atoms with Crippen molar-refractivity contribution in [3.05, 3.63) is 97.7 Å². The van der Waals surface area contributed by atoms with E-state index in [1.165, 1.54) is 0 Å². The number of aromatic amines is 1. The van der Waals surface area contributed by atoms with Gasteiger partial charge in [0.15, 0.2) is 0 Å². The van der Waals surface area contributed by atoms with Gasteiger partial charge in [-0.15, -0.1) is 0 Å². The van der Waals surface area contributed by atoms with Crippen LogP contribution in [0.2, 0.25) is 0 Å². The Morgan fingerprint density at radius 3 is 2.72 bits per heavy atom. The number of methoxy groups -OCH3 is 1. The lowest BCUT2D eigenvalue weighted by molar-refractivity contribution is 0.415. The van der Waals surface area contributed by atoms with E-state index in [4.69, 9.17) is 9.72 Å². The number of rotatable bonds is 4. The van der Waals surface area contributed by atoms with Gasteiger partial charge in [-0.25, -0.2) is 4.98 Å². The van der Waals surface area contributed by atoms with E-state index in [1.54, 1.807) is 11.7 Å².